The van der Waals surface area contributed by atoms with Crippen LogP contribution in [0.15, 0.2) is 4.79 Å². The van der Waals surface area contributed by atoms with Gasteiger partial charge in [-0.05, 0) is 6.92 Å². The fourth-order valence-corrected chi connectivity index (χ4v) is 0.931. The summed E-state index contributed by atoms with van der Waals surface area (Å²) in [6, 6.07) is 0. The van der Waals surface area contributed by atoms with Crippen LogP contribution in [0.2, 0.25) is 0 Å². The summed E-state index contributed by atoms with van der Waals surface area (Å²) in [5, 5.41) is 5.56. The first-order valence-electron chi connectivity index (χ1n) is 4.56. The van der Waals surface area contributed by atoms with Gasteiger partial charge in [0.25, 0.3) is 0 Å². The van der Waals surface area contributed by atoms with Gasteiger partial charge in [0.15, 0.2) is 0 Å². The molecule has 0 saturated carbocycles. The average Bonchev–Trinajstić information content (AvgIpc) is 2.12. The zero-order chi connectivity index (χ0) is 11.3. The molecule has 7 N–H and O–H groups in total. The van der Waals surface area contributed by atoms with Crippen LogP contribution in [-0.4, -0.2) is 34.2 Å². The Morgan fingerprint density at radius 3 is 2.87 bits per heavy atom. The molecule has 0 bridgehead atoms. The van der Waals surface area contributed by atoms with Crippen LogP contribution in [0.3, 0.4) is 0 Å². The maximum Gasteiger partial charge on any atom is 0.350 e. The molecule has 0 aromatic carbocycles. The maximum absolute atomic E-state index is 11.1. The Morgan fingerprint density at radius 1 is 1.53 bits per heavy atom. The fraction of sp³-hybridized carbons (Fsp3) is 0.571. The van der Waals surface area contributed by atoms with Crippen LogP contribution in [0.1, 0.15) is 6.92 Å². The summed E-state index contributed by atoms with van der Waals surface area (Å²) >= 11 is 0. The number of nitrogens with one attached hydrogen (secondary N) is 3. The first kappa shape index (κ1) is 11.4. The van der Waals surface area contributed by atoms with Gasteiger partial charge in [-0.15, -0.1) is 0 Å². The average molecular weight is 213 g/mol. The van der Waals surface area contributed by atoms with Crippen LogP contribution in [-0.2, 0) is 0 Å². The van der Waals surface area contributed by atoms with Crippen molar-refractivity contribution in [1.82, 2.24) is 15.0 Å². The second-order valence-corrected chi connectivity index (χ2v) is 2.97. The molecule has 1 aromatic rings. The van der Waals surface area contributed by atoms with Crippen LogP contribution in [0, 0.1) is 0 Å². The quantitative estimate of drug-likeness (QED) is 0.366. The van der Waals surface area contributed by atoms with Crippen LogP contribution >= 0.6 is 0 Å². The van der Waals surface area contributed by atoms with Gasteiger partial charge in [0, 0.05) is 13.1 Å². The van der Waals surface area contributed by atoms with E-state index in [9.17, 15) is 4.79 Å². The van der Waals surface area contributed by atoms with Gasteiger partial charge in [-0.3, -0.25) is 4.98 Å². The second-order valence-electron chi connectivity index (χ2n) is 2.97. The molecule has 1 heterocycles. The lowest BCUT2D eigenvalue weighted by Gasteiger charge is -2.09. The predicted octanol–water partition coefficient (Wildman–Crippen LogP) is -1.75. The first-order chi connectivity index (χ1) is 7.11. The summed E-state index contributed by atoms with van der Waals surface area (Å²) in [5.41, 5.74) is 10.3. The summed E-state index contributed by atoms with van der Waals surface area (Å²) in [5.74, 6) is 0.511. The van der Waals surface area contributed by atoms with Crippen LogP contribution in [0.25, 0.3) is 0 Å². The summed E-state index contributed by atoms with van der Waals surface area (Å²) in [7, 11) is 0. The van der Waals surface area contributed by atoms with E-state index >= 15 is 0 Å². The number of rotatable bonds is 5. The smallest absolute Gasteiger partial charge is 0.350 e. The highest BCUT2D eigenvalue weighted by atomic mass is 16.1. The topological polar surface area (TPSA) is 135 Å². The van der Waals surface area contributed by atoms with Crippen molar-refractivity contribution in [2.45, 2.75) is 13.1 Å². The summed E-state index contributed by atoms with van der Waals surface area (Å²) in [6.07, 6.45) is -0.307. The Balaban J connectivity index is 2.80. The molecule has 0 radical (unpaired) electrons. The Hall–Kier alpha value is -1.67. The minimum absolute atomic E-state index is 0.229. The lowest BCUT2D eigenvalue weighted by atomic mass is 10.6. The number of hydrogen-bond acceptors (Lipinski definition) is 7. The van der Waals surface area contributed by atoms with E-state index in [1.807, 2.05) is 0 Å². The van der Waals surface area contributed by atoms with Crippen molar-refractivity contribution in [2.75, 3.05) is 23.7 Å². The van der Waals surface area contributed by atoms with Crippen molar-refractivity contribution in [3.8, 4) is 0 Å². The lowest BCUT2D eigenvalue weighted by Crippen LogP contribution is -2.29. The summed E-state index contributed by atoms with van der Waals surface area (Å²) in [4.78, 5) is 21.1. The SMILES string of the molecule is CC(N)Nc1nc(NCCN)nc(=O)[nH]1. The van der Waals surface area contributed by atoms with Crippen LogP contribution in [0.5, 0.6) is 0 Å². The molecule has 1 atom stereocenters. The molecule has 0 aliphatic carbocycles. The molecular weight excluding hydrogens is 198 g/mol. The van der Waals surface area contributed by atoms with E-state index in [-0.39, 0.29) is 18.1 Å². The summed E-state index contributed by atoms with van der Waals surface area (Å²) < 4.78 is 0. The van der Waals surface area contributed by atoms with E-state index in [4.69, 9.17) is 11.5 Å². The van der Waals surface area contributed by atoms with Gasteiger partial charge in [-0.2, -0.15) is 9.97 Å². The second kappa shape index (κ2) is 5.27. The van der Waals surface area contributed by atoms with E-state index in [0.717, 1.165) is 0 Å². The molecule has 0 amide bonds. The Labute approximate surface area is 86.5 Å². The molecule has 8 nitrogen and oxygen atoms in total. The van der Waals surface area contributed by atoms with Gasteiger partial charge in [-0.25, -0.2) is 4.79 Å². The molecule has 0 saturated heterocycles. The van der Waals surface area contributed by atoms with Gasteiger partial charge in [0.2, 0.25) is 11.9 Å². The van der Waals surface area contributed by atoms with Gasteiger partial charge in [0.05, 0.1) is 6.17 Å². The number of nitrogens with two attached hydrogens (primary N) is 2. The Morgan fingerprint density at radius 2 is 2.27 bits per heavy atom. The monoisotopic (exact) mass is 213 g/mol. The maximum atomic E-state index is 11.1. The number of anilines is 2. The van der Waals surface area contributed by atoms with Gasteiger partial charge < -0.3 is 22.1 Å². The number of aromatic nitrogens is 3. The normalized spacial score (nSPS) is 12.2. The van der Waals surface area contributed by atoms with Crippen molar-refractivity contribution in [1.29, 1.82) is 0 Å². The lowest BCUT2D eigenvalue weighted by molar-refractivity contribution is 0.820. The standard InChI is InChI=1S/C7H15N7O/c1-4(9)11-6-12-5(10-3-2-8)13-7(15)14-6/h4H,2-3,8-9H2,1H3,(H3,10,11,12,13,14,15). The van der Waals surface area contributed by atoms with E-state index in [0.29, 0.717) is 13.1 Å². The minimum atomic E-state index is -0.493. The third kappa shape index (κ3) is 3.92. The molecule has 15 heavy (non-hydrogen) atoms. The van der Waals surface area contributed by atoms with Crippen LogP contribution < -0.4 is 27.8 Å². The minimum Gasteiger partial charge on any atom is -0.353 e. The molecule has 0 aliphatic heterocycles. The van der Waals surface area contributed by atoms with Crippen molar-refractivity contribution < 1.29 is 0 Å². The Bertz CT molecular complexity index is 361. The third-order valence-corrected chi connectivity index (χ3v) is 1.44. The highest BCUT2D eigenvalue weighted by Crippen LogP contribution is 1.98. The molecule has 0 aliphatic rings. The van der Waals surface area contributed by atoms with Crippen molar-refractivity contribution in [3.63, 3.8) is 0 Å². The van der Waals surface area contributed by atoms with Crippen molar-refractivity contribution >= 4 is 11.9 Å². The van der Waals surface area contributed by atoms with E-state index in [1.54, 1.807) is 6.92 Å². The highest BCUT2D eigenvalue weighted by Gasteiger charge is 2.02. The number of nitrogens with zero attached hydrogens (tertiary/aromatic N) is 2. The largest absolute Gasteiger partial charge is 0.353 e. The molecular formula is C7H15N7O. The van der Waals surface area contributed by atoms with Gasteiger partial charge >= 0.3 is 5.69 Å². The Kier molecular flexibility index (Phi) is 4.01. The highest BCUT2D eigenvalue weighted by molar-refractivity contribution is 5.32. The molecule has 1 unspecified atom stereocenters. The number of aromatic amines is 1. The van der Waals surface area contributed by atoms with E-state index in [1.165, 1.54) is 0 Å². The molecule has 1 rings (SSSR count). The molecule has 8 heteroatoms. The summed E-state index contributed by atoms with van der Waals surface area (Å²) in [6.45, 7) is 2.67. The zero-order valence-corrected chi connectivity index (χ0v) is 8.45. The number of H-pyrrole nitrogens is 1. The van der Waals surface area contributed by atoms with E-state index < -0.39 is 5.69 Å². The molecule has 0 fully saturated rings. The third-order valence-electron chi connectivity index (χ3n) is 1.44. The van der Waals surface area contributed by atoms with Crippen LogP contribution in [0.4, 0.5) is 11.9 Å². The predicted molar refractivity (Wildman–Crippen MR) is 57.5 cm³/mol. The van der Waals surface area contributed by atoms with Gasteiger partial charge in [0.1, 0.15) is 0 Å². The molecule has 84 valence electrons. The van der Waals surface area contributed by atoms with Crippen molar-refractivity contribution in [3.05, 3.63) is 10.5 Å². The number of hydrogen-bond donors (Lipinski definition) is 5. The fourth-order valence-electron chi connectivity index (χ4n) is 0.931. The first-order valence-corrected chi connectivity index (χ1v) is 4.56. The molecule has 1 aromatic heterocycles. The zero-order valence-electron chi connectivity index (χ0n) is 8.45. The van der Waals surface area contributed by atoms with Gasteiger partial charge in [-0.1, -0.05) is 0 Å². The van der Waals surface area contributed by atoms with Crippen molar-refractivity contribution in [2.24, 2.45) is 11.5 Å². The molecule has 0 spiro atoms. The van der Waals surface area contributed by atoms with E-state index in [2.05, 4.69) is 25.6 Å².